The lowest BCUT2D eigenvalue weighted by Gasteiger charge is -2.26. The van der Waals surface area contributed by atoms with Crippen molar-refractivity contribution in [1.82, 2.24) is 5.32 Å². The predicted octanol–water partition coefficient (Wildman–Crippen LogP) is 4.89. The minimum Gasteiger partial charge on any atom is -0.360 e. The first-order chi connectivity index (χ1) is 10.5. The molecular weight excluding hydrogens is 339 g/mol. The number of hydrogen-bond acceptors (Lipinski definition) is 2. The van der Waals surface area contributed by atoms with Crippen molar-refractivity contribution >= 4 is 46.0 Å². The molecule has 0 aliphatic heterocycles. The molecule has 2 nitrogen and oxygen atoms in total. The Morgan fingerprint density at radius 3 is 2.82 bits per heavy atom. The third-order valence-electron chi connectivity index (χ3n) is 3.63. The number of halogens is 2. The van der Waals surface area contributed by atoms with Crippen molar-refractivity contribution in [3.8, 4) is 0 Å². The smallest absolute Gasteiger partial charge is 0.174 e. The van der Waals surface area contributed by atoms with Gasteiger partial charge in [-0.2, -0.15) is 0 Å². The Morgan fingerprint density at radius 1 is 1.45 bits per heavy atom. The summed E-state index contributed by atoms with van der Waals surface area (Å²) in [4.78, 5) is 3.22. The Bertz CT molecular complexity index is 697. The number of benzene rings is 1. The molecule has 1 heterocycles. The van der Waals surface area contributed by atoms with Crippen molar-refractivity contribution in [1.29, 1.82) is 0 Å². The highest BCUT2D eigenvalue weighted by Crippen LogP contribution is 2.27. The van der Waals surface area contributed by atoms with Crippen LogP contribution in [-0.4, -0.2) is 11.2 Å². The molecule has 0 atom stereocenters. The van der Waals surface area contributed by atoms with Crippen LogP contribution in [0.3, 0.4) is 0 Å². The average Bonchev–Trinajstić information content (AvgIpc) is 3.20. The van der Waals surface area contributed by atoms with E-state index in [-0.39, 0.29) is 5.02 Å². The van der Waals surface area contributed by atoms with E-state index in [1.807, 2.05) is 4.90 Å². The molecule has 22 heavy (non-hydrogen) atoms. The third kappa shape index (κ3) is 3.59. The maximum absolute atomic E-state index is 13.4. The summed E-state index contributed by atoms with van der Waals surface area (Å²) in [6, 6.07) is 7.28. The summed E-state index contributed by atoms with van der Waals surface area (Å²) in [5, 5.41) is 6.19. The van der Waals surface area contributed by atoms with Gasteiger partial charge in [0.2, 0.25) is 0 Å². The van der Waals surface area contributed by atoms with Gasteiger partial charge in [-0.05, 0) is 67.2 Å². The van der Waals surface area contributed by atoms with Crippen molar-refractivity contribution in [2.75, 3.05) is 4.90 Å². The second kappa shape index (κ2) is 6.52. The van der Waals surface area contributed by atoms with E-state index in [1.54, 1.807) is 23.5 Å². The Morgan fingerprint density at radius 2 is 2.23 bits per heavy atom. The molecule has 116 valence electrons. The molecule has 0 amide bonds. The highest BCUT2D eigenvalue weighted by Gasteiger charge is 2.25. The quantitative estimate of drug-likeness (QED) is 0.787. The molecule has 0 spiro atoms. The van der Waals surface area contributed by atoms with Gasteiger partial charge in [0, 0.05) is 16.6 Å². The predicted molar refractivity (Wildman–Crippen MR) is 95.4 cm³/mol. The number of anilines is 1. The fourth-order valence-corrected chi connectivity index (χ4v) is 3.53. The van der Waals surface area contributed by atoms with E-state index in [4.69, 9.17) is 23.8 Å². The molecule has 0 saturated heterocycles. The second-order valence-electron chi connectivity index (χ2n) is 5.44. The molecule has 1 aromatic carbocycles. The fraction of sp³-hybridized carbons (Fsp3) is 0.312. The van der Waals surface area contributed by atoms with Crippen LogP contribution in [0.4, 0.5) is 10.1 Å². The zero-order chi connectivity index (χ0) is 15.7. The SMILES string of the molecule is Cc1ccsc1CN(C(=S)NC1CC1)c1ccc(F)c(Cl)c1. The summed E-state index contributed by atoms with van der Waals surface area (Å²) in [6.07, 6.45) is 2.30. The lowest BCUT2D eigenvalue weighted by molar-refractivity contribution is 0.628. The topological polar surface area (TPSA) is 15.3 Å². The molecule has 1 N–H and O–H groups in total. The monoisotopic (exact) mass is 354 g/mol. The highest BCUT2D eigenvalue weighted by atomic mass is 35.5. The summed E-state index contributed by atoms with van der Waals surface area (Å²) < 4.78 is 13.4. The molecule has 0 bridgehead atoms. The molecule has 0 radical (unpaired) electrons. The van der Waals surface area contributed by atoms with E-state index in [1.165, 1.54) is 16.5 Å². The van der Waals surface area contributed by atoms with Crippen LogP contribution in [0.1, 0.15) is 23.3 Å². The van der Waals surface area contributed by atoms with Gasteiger partial charge in [-0.1, -0.05) is 11.6 Å². The number of aryl methyl sites for hydroxylation is 1. The second-order valence-corrected chi connectivity index (χ2v) is 7.23. The minimum atomic E-state index is -0.418. The maximum atomic E-state index is 13.4. The van der Waals surface area contributed by atoms with Crippen LogP contribution in [0.15, 0.2) is 29.6 Å². The Hall–Kier alpha value is -1.17. The Labute approximate surface area is 143 Å². The van der Waals surface area contributed by atoms with Gasteiger partial charge in [-0.25, -0.2) is 4.39 Å². The molecule has 1 saturated carbocycles. The van der Waals surface area contributed by atoms with Crippen LogP contribution < -0.4 is 10.2 Å². The van der Waals surface area contributed by atoms with Gasteiger partial charge < -0.3 is 10.2 Å². The van der Waals surface area contributed by atoms with Crippen molar-refractivity contribution in [2.24, 2.45) is 0 Å². The van der Waals surface area contributed by atoms with E-state index in [9.17, 15) is 4.39 Å². The number of hydrogen-bond donors (Lipinski definition) is 1. The van der Waals surface area contributed by atoms with E-state index in [2.05, 4.69) is 23.7 Å². The van der Waals surface area contributed by atoms with Crippen LogP contribution in [0, 0.1) is 12.7 Å². The van der Waals surface area contributed by atoms with Crippen LogP contribution >= 0.6 is 35.2 Å². The molecule has 1 aliphatic carbocycles. The molecule has 1 fully saturated rings. The van der Waals surface area contributed by atoms with Gasteiger partial charge in [0.25, 0.3) is 0 Å². The van der Waals surface area contributed by atoms with Gasteiger partial charge >= 0.3 is 0 Å². The van der Waals surface area contributed by atoms with Gasteiger partial charge in [0.1, 0.15) is 5.82 Å². The van der Waals surface area contributed by atoms with Crippen LogP contribution in [0.25, 0.3) is 0 Å². The standard InChI is InChI=1S/C16H16ClFN2S2/c1-10-6-7-22-15(10)9-20(16(21)19-11-2-3-11)12-4-5-14(18)13(17)8-12/h4-8,11H,2-3,9H2,1H3,(H,19,21). The highest BCUT2D eigenvalue weighted by molar-refractivity contribution is 7.80. The van der Waals surface area contributed by atoms with Crippen molar-refractivity contribution in [3.05, 3.63) is 50.9 Å². The molecule has 6 heteroatoms. The van der Waals surface area contributed by atoms with E-state index < -0.39 is 5.82 Å². The number of thiocarbonyl (C=S) groups is 1. The van der Waals surface area contributed by atoms with Crippen molar-refractivity contribution in [3.63, 3.8) is 0 Å². The molecule has 1 aliphatic rings. The first-order valence-electron chi connectivity index (χ1n) is 7.10. The van der Waals surface area contributed by atoms with Crippen molar-refractivity contribution in [2.45, 2.75) is 32.4 Å². The van der Waals surface area contributed by atoms with Gasteiger partial charge in [-0.15, -0.1) is 11.3 Å². The van der Waals surface area contributed by atoms with Gasteiger partial charge in [-0.3, -0.25) is 0 Å². The minimum absolute atomic E-state index is 0.111. The van der Waals surface area contributed by atoms with Crippen LogP contribution in [0.2, 0.25) is 5.02 Å². The first-order valence-corrected chi connectivity index (χ1v) is 8.77. The first kappa shape index (κ1) is 15.7. The molecule has 0 unspecified atom stereocenters. The average molecular weight is 355 g/mol. The zero-order valence-corrected chi connectivity index (χ0v) is 14.5. The largest absolute Gasteiger partial charge is 0.360 e. The zero-order valence-electron chi connectivity index (χ0n) is 12.1. The number of nitrogens with zero attached hydrogens (tertiary/aromatic N) is 1. The summed E-state index contributed by atoms with van der Waals surface area (Å²) in [5.41, 5.74) is 2.04. The van der Waals surface area contributed by atoms with E-state index in [0.717, 1.165) is 18.5 Å². The lowest BCUT2D eigenvalue weighted by atomic mass is 10.2. The van der Waals surface area contributed by atoms with Gasteiger partial charge in [0.15, 0.2) is 5.11 Å². The van der Waals surface area contributed by atoms with Gasteiger partial charge in [0.05, 0.1) is 11.6 Å². The summed E-state index contributed by atoms with van der Waals surface area (Å²) in [5.74, 6) is -0.418. The Kier molecular flexibility index (Phi) is 4.66. The van der Waals surface area contributed by atoms with E-state index in [0.29, 0.717) is 17.7 Å². The molecule has 1 aromatic heterocycles. The molecular formula is C16H16ClFN2S2. The van der Waals surface area contributed by atoms with Crippen LogP contribution in [-0.2, 0) is 6.54 Å². The molecule has 3 rings (SSSR count). The fourth-order valence-electron chi connectivity index (χ4n) is 2.12. The third-order valence-corrected chi connectivity index (χ3v) is 5.27. The summed E-state index contributed by atoms with van der Waals surface area (Å²) >= 11 is 13.2. The summed E-state index contributed by atoms with van der Waals surface area (Å²) in [7, 11) is 0. The Balaban J connectivity index is 1.88. The van der Waals surface area contributed by atoms with E-state index >= 15 is 0 Å². The van der Waals surface area contributed by atoms with Crippen LogP contribution in [0.5, 0.6) is 0 Å². The van der Waals surface area contributed by atoms with Crippen molar-refractivity contribution < 1.29 is 4.39 Å². The lowest BCUT2D eigenvalue weighted by Crippen LogP contribution is -2.40. The maximum Gasteiger partial charge on any atom is 0.174 e. The normalized spacial score (nSPS) is 14.0. The number of nitrogens with one attached hydrogen (secondary N) is 1. The number of thiophene rings is 1. The summed E-state index contributed by atoms with van der Waals surface area (Å²) in [6.45, 7) is 2.74. The number of rotatable bonds is 4. The molecule has 2 aromatic rings.